The Morgan fingerprint density at radius 3 is 2.14 bits per heavy atom. The number of hydrogen-bond donors (Lipinski definition) is 3. The molecule has 15 heteroatoms. The molecule has 238 valence electrons. The third-order valence-corrected chi connectivity index (χ3v) is 7.80. The Labute approximate surface area is 253 Å². The molecule has 4 rings (SSSR count). The molecule has 0 spiro atoms. The maximum atomic E-state index is 13.2. The van der Waals surface area contributed by atoms with Gasteiger partial charge in [0, 0.05) is 50.2 Å². The number of carboxylic acids is 2. The van der Waals surface area contributed by atoms with Crippen molar-refractivity contribution in [3.8, 4) is 17.2 Å². The maximum Gasteiger partial charge on any atom is 0.409 e. The topological polar surface area (TPSA) is 194 Å². The molecule has 0 radical (unpaired) electrons. The van der Waals surface area contributed by atoms with E-state index in [1.807, 2.05) is 0 Å². The van der Waals surface area contributed by atoms with Crippen LogP contribution in [-0.4, -0.2) is 114 Å². The summed E-state index contributed by atoms with van der Waals surface area (Å²) in [5, 5.41) is 22.6. The molecule has 1 aromatic heterocycles. The van der Waals surface area contributed by atoms with Gasteiger partial charge in [-0.05, 0) is 38.7 Å². The average molecular weight is 617 g/mol. The monoisotopic (exact) mass is 616 g/mol. The predicted octanol–water partition coefficient (Wildman–Crippen LogP) is 1.76. The Balaban J connectivity index is 1.48. The quantitative estimate of drug-likeness (QED) is 0.293. The standard InChI is InChI=1S/C29H36N4O11/c1-4-43-28(40)33-12-10-32(11-13-33)25(35)17(26(36)37)6-9-30-24(34)20-16-21(44-29(27(38)39)7-5-8-29)18-14-22(41-2)23(42-3)15-19(18)31-20/h14-17H,4-13H2,1-3H3,(H,30,34)(H,36,37)(H,38,39). The number of rotatable bonds is 12. The van der Waals surface area contributed by atoms with E-state index < -0.39 is 41.4 Å². The van der Waals surface area contributed by atoms with Gasteiger partial charge in [-0.2, -0.15) is 0 Å². The second-order valence-corrected chi connectivity index (χ2v) is 10.4. The smallest absolute Gasteiger partial charge is 0.409 e. The van der Waals surface area contributed by atoms with Crippen molar-refractivity contribution in [2.24, 2.45) is 5.92 Å². The highest BCUT2D eigenvalue weighted by molar-refractivity contribution is 5.99. The number of amides is 3. The number of nitrogens with zero attached hydrogens (tertiary/aromatic N) is 3. The van der Waals surface area contributed by atoms with E-state index in [4.69, 9.17) is 18.9 Å². The van der Waals surface area contributed by atoms with Gasteiger partial charge in [0.15, 0.2) is 11.5 Å². The van der Waals surface area contributed by atoms with Crippen molar-refractivity contribution in [2.45, 2.75) is 38.2 Å². The molecule has 1 aliphatic heterocycles. The number of hydrogen-bond acceptors (Lipinski definition) is 10. The largest absolute Gasteiger partial charge is 0.493 e. The first-order chi connectivity index (χ1) is 21.0. The molecule has 3 amide bonds. The van der Waals surface area contributed by atoms with Crippen LogP contribution in [0.1, 0.15) is 43.1 Å². The third kappa shape index (κ3) is 6.71. The fraction of sp³-hybridized carbons (Fsp3) is 0.517. The number of aliphatic carboxylic acids is 2. The number of nitrogens with one attached hydrogen (secondary N) is 1. The fourth-order valence-corrected chi connectivity index (χ4v) is 5.11. The fourth-order valence-electron chi connectivity index (χ4n) is 5.11. The molecule has 1 atom stereocenters. The highest BCUT2D eigenvalue weighted by atomic mass is 16.6. The van der Waals surface area contributed by atoms with Crippen LogP contribution in [0.15, 0.2) is 18.2 Å². The number of carbonyl (C=O) groups is 5. The van der Waals surface area contributed by atoms with E-state index in [0.29, 0.717) is 36.1 Å². The molecule has 1 aliphatic carbocycles. The molecule has 44 heavy (non-hydrogen) atoms. The van der Waals surface area contributed by atoms with Crippen LogP contribution in [0.25, 0.3) is 10.9 Å². The van der Waals surface area contributed by atoms with Gasteiger partial charge < -0.3 is 44.3 Å². The Hall–Kier alpha value is -4.82. The molecule has 1 saturated carbocycles. The second kappa shape index (κ2) is 13.7. The first-order valence-corrected chi connectivity index (χ1v) is 14.2. The summed E-state index contributed by atoms with van der Waals surface area (Å²) >= 11 is 0. The first-order valence-electron chi connectivity index (χ1n) is 14.2. The van der Waals surface area contributed by atoms with Gasteiger partial charge in [-0.1, -0.05) is 0 Å². The minimum absolute atomic E-state index is 0.104. The van der Waals surface area contributed by atoms with E-state index in [1.54, 1.807) is 13.0 Å². The van der Waals surface area contributed by atoms with Gasteiger partial charge in [0.2, 0.25) is 11.5 Å². The molecule has 0 bridgehead atoms. The molecule has 2 aliphatic rings. The van der Waals surface area contributed by atoms with E-state index in [2.05, 4.69) is 10.3 Å². The predicted molar refractivity (Wildman–Crippen MR) is 153 cm³/mol. The summed E-state index contributed by atoms with van der Waals surface area (Å²) in [5.74, 6) is -4.36. The van der Waals surface area contributed by atoms with Crippen LogP contribution in [0.3, 0.4) is 0 Å². The molecule has 15 nitrogen and oxygen atoms in total. The van der Waals surface area contributed by atoms with Gasteiger partial charge in [0.05, 0.1) is 26.3 Å². The van der Waals surface area contributed by atoms with Crippen molar-refractivity contribution in [1.82, 2.24) is 20.1 Å². The summed E-state index contributed by atoms with van der Waals surface area (Å²) in [4.78, 5) is 69.3. The van der Waals surface area contributed by atoms with Crippen LogP contribution in [0.4, 0.5) is 4.79 Å². The van der Waals surface area contributed by atoms with Crippen LogP contribution < -0.4 is 19.5 Å². The van der Waals surface area contributed by atoms with Gasteiger partial charge in [-0.25, -0.2) is 14.6 Å². The first kappa shape index (κ1) is 32.1. The van der Waals surface area contributed by atoms with Crippen molar-refractivity contribution < 1.29 is 53.1 Å². The Morgan fingerprint density at radius 1 is 0.955 bits per heavy atom. The van der Waals surface area contributed by atoms with Gasteiger partial charge in [0.1, 0.15) is 17.4 Å². The van der Waals surface area contributed by atoms with Crippen LogP contribution in [0.5, 0.6) is 17.2 Å². The molecule has 2 heterocycles. The molecular weight excluding hydrogens is 580 g/mol. The van der Waals surface area contributed by atoms with E-state index in [-0.39, 0.29) is 62.7 Å². The minimum atomic E-state index is -1.44. The van der Waals surface area contributed by atoms with E-state index in [9.17, 15) is 34.2 Å². The number of benzene rings is 1. The number of carbonyl (C=O) groups excluding carboxylic acids is 3. The van der Waals surface area contributed by atoms with Crippen molar-refractivity contribution >= 4 is 40.7 Å². The van der Waals surface area contributed by atoms with Crippen molar-refractivity contribution in [1.29, 1.82) is 0 Å². The zero-order valence-corrected chi connectivity index (χ0v) is 24.8. The lowest BCUT2D eigenvalue weighted by Crippen LogP contribution is -2.53. The lowest BCUT2D eigenvalue weighted by Gasteiger charge is -2.38. The molecule has 1 saturated heterocycles. The minimum Gasteiger partial charge on any atom is -0.493 e. The van der Waals surface area contributed by atoms with E-state index in [1.165, 1.54) is 36.2 Å². The number of fused-ring (bicyclic) bond motifs is 1. The van der Waals surface area contributed by atoms with Crippen LogP contribution >= 0.6 is 0 Å². The molecule has 1 unspecified atom stereocenters. The van der Waals surface area contributed by atoms with Crippen molar-refractivity contribution in [2.75, 3.05) is 53.6 Å². The summed E-state index contributed by atoms with van der Waals surface area (Å²) in [6, 6.07) is 4.45. The number of pyridine rings is 1. The van der Waals surface area contributed by atoms with Crippen LogP contribution in [0.2, 0.25) is 0 Å². The molecule has 2 aromatic rings. The van der Waals surface area contributed by atoms with Gasteiger partial charge >= 0.3 is 18.0 Å². The van der Waals surface area contributed by atoms with E-state index in [0.717, 1.165) is 0 Å². The number of methoxy groups -OCH3 is 2. The molecule has 2 fully saturated rings. The lowest BCUT2D eigenvalue weighted by atomic mass is 9.80. The van der Waals surface area contributed by atoms with Gasteiger partial charge in [-0.3, -0.25) is 14.4 Å². The van der Waals surface area contributed by atoms with E-state index >= 15 is 0 Å². The SMILES string of the molecule is CCOC(=O)N1CCN(C(=O)C(CCNC(=O)c2cc(OC3(C(=O)O)CCC3)c3cc(OC)c(OC)cc3n2)C(=O)O)CC1. The highest BCUT2D eigenvalue weighted by Crippen LogP contribution is 2.41. The molecule has 1 aromatic carbocycles. The second-order valence-electron chi connectivity index (χ2n) is 10.4. The zero-order valence-electron chi connectivity index (χ0n) is 24.8. The summed E-state index contributed by atoms with van der Waals surface area (Å²) in [6.45, 7) is 2.49. The number of piperazine rings is 1. The Kier molecular flexibility index (Phi) is 9.96. The third-order valence-electron chi connectivity index (χ3n) is 7.80. The maximum absolute atomic E-state index is 13.2. The Bertz CT molecular complexity index is 1430. The zero-order chi connectivity index (χ0) is 32.0. The van der Waals surface area contributed by atoms with Crippen molar-refractivity contribution in [3.05, 3.63) is 23.9 Å². The average Bonchev–Trinajstić information content (AvgIpc) is 2.99. The van der Waals surface area contributed by atoms with Gasteiger partial charge in [-0.15, -0.1) is 0 Å². The van der Waals surface area contributed by atoms with Crippen LogP contribution in [-0.2, 0) is 19.1 Å². The Morgan fingerprint density at radius 2 is 1.59 bits per heavy atom. The number of carboxylic acid groups (broad SMARTS) is 2. The lowest BCUT2D eigenvalue weighted by molar-refractivity contribution is -0.163. The normalized spacial score (nSPS) is 16.3. The van der Waals surface area contributed by atoms with Gasteiger partial charge in [0.25, 0.3) is 5.91 Å². The summed E-state index contributed by atoms with van der Waals surface area (Å²) < 4.78 is 21.7. The summed E-state index contributed by atoms with van der Waals surface area (Å²) in [5.41, 5.74) is -1.26. The van der Waals surface area contributed by atoms with Crippen LogP contribution in [0, 0.1) is 5.92 Å². The van der Waals surface area contributed by atoms with Crippen molar-refractivity contribution in [3.63, 3.8) is 0 Å². The highest BCUT2D eigenvalue weighted by Gasteiger charge is 2.47. The summed E-state index contributed by atoms with van der Waals surface area (Å²) in [7, 11) is 2.88. The molecule has 3 N–H and O–H groups in total. The number of aromatic nitrogens is 1. The summed E-state index contributed by atoms with van der Waals surface area (Å²) in [6.07, 6.45) is 0.579. The number of ether oxygens (including phenoxy) is 4. The molecular formula is C29H36N4O11.